The molecule has 0 amide bonds. The largest absolute Gasteiger partial charge is 0.496 e. The van der Waals surface area contributed by atoms with Crippen molar-refractivity contribution in [1.29, 1.82) is 0 Å². The fourth-order valence-corrected chi connectivity index (χ4v) is 4.10. The molecule has 4 rings (SSSR count). The first-order valence-electron chi connectivity index (χ1n) is 12.2. The number of nitrogens with one attached hydrogen (secondary N) is 1. The molecule has 196 valence electrons. The lowest BCUT2D eigenvalue weighted by atomic mass is 10.1. The molecule has 0 saturated carbocycles. The average molecular weight is 536 g/mol. The van der Waals surface area contributed by atoms with Gasteiger partial charge in [0.1, 0.15) is 36.1 Å². The van der Waals surface area contributed by atoms with Crippen LogP contribution in [0, 0.1) is 17.7 Å². The number of aliphatic hydroxyl groups is 1. The number of hydrogen-bond acceptors (Lipinski definition) is 7. The maximum atomic E-state index is 13.6. The summed E-state index contributed by atoms with van der Waals surface area (Å²) in [6.45, 7) is -0.376. The van der Waals surface area contributed by atoms with Crippen LogP contribution in [0.3, 0.4) is 0 Å². The Labute approximate surface area is 225 Å². The molecule has 0 spiro atoms. The number of Topliss-reactive ketones (excluding diaryl/α,β-unsaturated/α-hetero) is 1. The Morgan fingerprint density at radius 1 is 1.13 bits per heavy atom. The molecule has 38 heavy (non-hydrogen) atoms. The van der Waals surface area contributed by atoms with E-state index in [2.05, 4.69) is 27.1 Å². The van der Waals surface area contributed by atoms with Gasteiger partial charge in [0.2, 0.25) is 0 Å². The topological polar surface area (TPSA) is 97.5 Å². The molecule has 0 radical (unpaired) electrons. The van der Waals surface area contributed by atoms with Gasteiger partial charge < -0.3 is 19.6 Å². The van der Waals surface area contributed by atoms with Crippen LogP contribution in [0.5, 0.6) is 5.75 Å². The fraction of sp³-hybridized carbons (Fsp3) is 0.276. The third-order valence-electron chi connectivity index (χ3n) is 5.91. The van der Waals surface area contributed by atoms with Crippen LogP contribution < -0.4 is 10.1 Å². The number of benzene rings is 2. The van der Waals surface area contributed by atoms with E-state index in [-0.39, 0.29) is 17.4 Å². The standard InChI is InChI=1S/C29H27ClFN3O4/c1-37-28-16-26-22(29(33-18-32-26)34-19-10-12-25(31)24(30)14-19)15-23(28)27-13-11-21(38-27)9-7-5-3-2-4-6-8-20(36)17-35/h10-16,18,35H,2-6,8,17H2,1H3,(H,32,33,34). The predicted molar refractivity (Wildman–Crippen MR) is 145 cm³/mol. The van der Waals surface area contributed by atoms with Crippen LogP contribution in [-0.2, 0) is 4.79 Å². The SMILES string of the molecule is COc1cc2ncnc(Nc3ccc(F)c(Cl)c3)c2cc1-c1ccc(C#CCCCCCCC(=O)CO)o1. The lowest BCUT2D eigenvalue weighted by molar-refractivity contribution is -0.121. The van der Waals surface area contributed by atoms with Gasteiger partial charge in [-0.2, -0.15) is 0 Å². The minimum Gasteiger partial charge on any atom is -0.496 e. The molecule has 9 heteroatoms. The Morgan fingerprint density at radius 2 is 1.97 bits per heavy atom. The van der Waals surface area contributed by atoms with Gasteiger partial charge in [-0.3, -0.25) is 4.79 Å². The highest BCUT2D eigenvalue weighted by atomic mass is 35.5. The van der Waals surface area contributed by atoms with Crippen molar-refractivity contribution >= 4 is 39.8 Å². The number of aromatic nitrogens is 2. The molecule has 2 N–H and O–H groups in total. The number of carbonyl (C=O) groups is 1. The van der Waals surface area contributed by atoms with Gasteiger partial charge >= 0.3 is 0 Å². The number of anilines is 2. The smallest absolute Gasteiger partial charge is 0.177 e. The molecule has 2 heterocycles. The molecule has 0 aliphatic rings. The van der Waals surface area contributed by atoms with E-state index in [1.807, 2.05) is 18.2 Å². The number of furan rings is 1. The molecule has 2 aromatic heterocycles. The zero-order valence-corrected chi connectivity index (χ0v) is 21.6. The molecule has 2 aromatic carbocycles. The fourth-order valence-electron chi connectivity index (χ4n) is 3.92. The van der Waals surface area contributed by atoms with Gasteiger partial charge in [-0.1, -0.05) is 30.4 Å². The second kappa shape index (κ2) is 13.0. The van der Waals surface area contributed by atoms with Gasteiger partial charge in [0, 0.05) is 30.0 Å². The number of fused-ring (bicyclic) bond motifs is 1. The Hall–Kier alpha value is -3.93. The molecule has 0 saturated heterocycles. The number of nitrogens with zero attached hydrogens (tertiary/aromatic N) is 2. The predicted octanol–water partition coefficient (Wildman–Crippen LogP) is 6.69. The highest BCUT2D eigenvalue weighted by Crippen LogP contribution is 2.37. The first-order chi connectivity index (χ1) is 18.5. The number of rotatable bonds is 11. The van der Waals surface area contributed by atoms with Crippen LogP contribution in [-0.4, -0.2) is 34.6 Å². The Morgan fingerprint density at radius 3 is 2.76 bits per heavy atom. The number of carbonyl (C=O) groups excluding carboxylic acids is 1. The molecular weight excluding hydrogens is 509 g/mol. The molecule has 0 aliphatic carbocycles. The summed E-state index contributed by atoms with van der Waals surface area (Å²) in [7, 11) is 1.58. The lowest BCUT2D eigenvalue weighted by Crippen LogP contribution is -2.02. The Kier molecular flexibility index (Phi) is 9.30. The highest BCUT2D eigenvalue weighted by molar-refractivity contribution is 6.31. The minimum absolute atomic E-state index is 0.00878. The summed E-state index contributed by atoms with van der Waals surface area (Å²) in [5.41, 5.74) is 1.95. The first kappa shape index (κ1) is 27.1. The molecule has 0 aliphatic heterocycles. The normalized spacial score (nSPS) is 10.7. The van der Waals surface area contributed by atoms with Gasteiger partial charge in [0.05, 0.1) is 23.2 Å². The van der Waals surface area contributed by atoms with E-state index in [0.717, 1.165) is 32.1 Å². The van der Waals surface area contributed by atoms with Gasteiger partial charge in [-0.15, -0.1) is 0 Å². The molecule has 0 fully saturated rings. The number of ether oxygens (including phenoxy) is 1. The van der Waals surface area contributed by atoms with Crippen LogP contribution in [0.4, 0.5) is 15.9 Å². The summed E-state index contributed by atoms with van der Waals surface area (Å²) in [6, 6.07) is 11.7. The molecule has 0 atom stereocenters. The summed E-state index contributed by atoms with van der Waals surface area (Å²) >= 11 is 5.93. The average Bonchev–Trinajstić information content (AvgIpc) is 3.40. The molecule has 0 unspecified atom stereocenters. The summed E-state index contributed by atoms with van der Waals surface area (Å²) in [4.78, 5) is 19.8. The monoisotopic (exact) mass is 535 g/mol. The van der Waals surface area contributed by atoms with Crippen molar-refractivity contribution in [1.82, 2.24) is 9.97 Å². The number of hydrogen-bond donors (Lipinski definition) is 2. The van der Waals surface area contributed by atoms with Gasteiger partial charge in [0.25, 0.3) is 0 Å². The quantitative estimate of drug-likeness (QED) is 0.163. The highest BCUT2D eigenvalue weighted by Gasteiger charge is 2.15. The molecule has 4 aromatic rings. The van der Waals surface area contributed by atoms with Crippen LogP contribution in [0.25, 0.3) is 22.2 Å². The zero-order valence-electron chi connectivity index (χ0n) is 20.9. The Balaban J connectivity index is 1.48. The second-order valence-electron chi connectivity index (χ2n) is 8.62. The minimum atomic E-state index is -0.500. The maximum absolute atomic E-state index is 13.6. The van der Waals surface area contributed by atoms with E-state index < -0.39 is 5.82 Å². The van der Waals surface area contributed by atoms with Gasteiger partial charge in [-0.25, -0.2) is 14.4 Å². The number of ketones is 1. The first-order valence-corrected chi connectivity index (χ1v) is 12.6. The molecular formula is C29H27ClFN3O4. The van der Waals surface area contributed by atoms with E-state index in [0.29, 0.717) is 51.7 Å². The van der Waals surface area contributed by atoms with E-state index >= 15 is 0 Å². The van der Waals surface area contributed by atoms with Crippen molar-refractivity contribution in [2.24, 2.45) is 0 Å². The van der Waals surface area contributed by atoms with Crippen molar-refractivity contribution in [2.45, 2.75) is 38.5 Å². The van der Waals surface area contributed by atoms with Crippen molar-refractivity contribution in [2.75, 3.05) is 19.0 Å². The van der Waals surface area contributed by atoms with E-state index in [1.165, 1.54) is 18.5 Å². The van der Waals surface area contributed by atoms with Crippen molar-refractivity contribution in [3.8, 4) is 28.9 Å². The van der Waals surface area contributed by atoms with Crippen molar-refractivity contribution in [3.63, 3.8) is 0 Å². The number of unbranched alkanes of at least 4 members (excludes halogenated alkanes) is 4. The van der Waals surface area contributed by atoms with E-state index in [1.54, 1.807) is 19.2 Å². The van der Waals surface area contributed by atoms with Crippen LogP contribution >= 0.6 is 11.6 Å². The number of methoxy groups -OCH3 is 1. The third-order valence-corrected chi connectivity index (χ3v) is 6.20. The lowest BCUT2D eigenvalue weighted by Gasteiger charge is -2.12. The van der Waals surface area contributed by atoms with E-state index in [4.69, 9.17) is 25.9 Å². The molecule has 7 nitrogen and oxygen atoms in total. The van der Waals surface area contributed by atoms with Gasteiger partial charge in [-0.05, 0) is 55.2 Å². The van der Waals surface area contributed by atoms with Crippen LogP contribution in [0.1, 0.15) is 44.3 Å². The van der Waals surface area contributed by atoms with Crippen molar-refractivity contribution in [3.05, 3.63) is 65.4 Å². The van der Waals surface area contributed by atoms with Crippen LogP contribution in [0.2, 0.25) is 5.02 Å². The second-order valence-corrected chi connectivity index (χ2v) is 9.03. The van der Waals surface area contributed by atoms with E-state index in [9.17, 15) is 9.18 Å². The zero-order chi connectivity index (χ0) is 26.9. The summed E-state index contributed by atoms with van der Waals surface area (Å²) in [6.07, 6.45) is 6.23. The van der Waals surface area contributed by atoms with Crippen molar-refractivity contribution < 1.29 is 23.4 Å². The summed E-state index contributed by atoms with van der Waals surface area (Å²) in [5, 5.41) is 12.6. The Bertz CT molecular complexity index is 1490. The number of aliphatic hydroxyl groups excluding tert-OH is 1. The number of halogens is 2. The van der Waals surface area contributed by atoms with Gasteiger partial charge in [0.15, 0.2) is 11.5 Å². The summed E-state index contributed by atoms with van der Waals surface area (Å²) in [5.74, 6) is 7.81. The maximum Gasteiger partial charge on any atom is 0.177 e. The van der Waals surface area contributed by atoms with Crippen LogP contribution in [0.15, 0.2) is 53.2 Å². The summed E-state index contributed by atoms with van der Waals surface area (Å²) < 4.78 is 25.2. The third kappa shape index (κ3) is 6.88. The molecule has 0 bridgehead atoms.